The number of amides is 1. The van der Waals surface area contributed by atoms with E-state index < -0.39 is 0 Å². The van der Waals surface area contributed by atoms with Crippen LogP contribution in [-0.2, 0) is 13.0 Å². The third-order valence-corrected chi connectivity index (χ3v) is 4.83. The minimum atomic E-state index is 0.00161. The molecule has 0 N–H and O–H groups in total. The van der Waals surface area contributed by atoms with Crippen LogP contribution in [0.25, 0.3) is 11.4 Å². The fraction of sp³-hybridized carbons (Fsp3) is 0.238. The Labute approximate surface area is 163 Å². The van der Waals surface area contributed by atoms with Gasteiger partial charge in [-0.25, -0.2) is 9.97 Å². The zero-order valence-corrected chi connectivity index (χ0v) is 15.8. The van der Waals surface area contributed by atoms with E-state index in [1.54, 1.807) is 32.5 Å². The Kier molecular flexibility index (Phi) is 4.89. The third-order valence-electron chi connectivity index (χ3n) is 4.83. The Bertz CT molecular complexity index is 1000. The van der Waals surface area contributed by atoms with E-state index in [2.05, 4.69) is 15.0 Å². The molecule has 0 saturated heterocycles. The van der Waals surface area contributed by atoms with Crippen LogP contribution in [0.15, 0.2) is 48.9 Å². The minimum absolute atomic E-state index is 0.00161. The summed E-state index contributed by atoms with van der Waals surface area (Å²) in [6.45, 7) is 1.18. The molecule has 7 nitrogen and oxygen atoms in total. The molecule has 0 unspecified atom stereocenters. The first-order chi connectivity index (χ1) is 13.7. The van der Waals surface area contributed by atoms with Gasteiger partial charge in [0, 0.05) is 30.9 Å². The van der Waals surface area contributed by atoms with E-state index in [1.807, 2.05) is 29.2 Å². The number of ether oxygens (including phenoxy) is 2. The number of nitrogens with zero attached hydrogens (tertiary/aromatic N) is 4. The Morgan fingerprint density at radius 2 is 1.86 bits per heavy atom. The lowest BCUT2D eigenvalue weighted by Crippen LogP contribution is -2.37. The summed E-state index contributed by atoms with van der Waals surface area (Å²) < 4.78 is 10.4. The number of pyridine rings is 1. The zero-order valence-electron chi connectivity index (χ0n) is 15.8. The topological polar surface area (TPSA) is 77.4 Å². The fourth-order valence-electron chi connectivity index (χ4n) is 3.37. The molecule has 0 spiro atoms. The van der Waals surface area contributed by atoms with Gasteiger partial charge in [-0.15, -0.1) is 0 Å². The highest BCUT2D eigenvalue weighted by Crippen LogP contribution is 2.29. The van der Waals surface area contributed by atoms with E-state index in [9.17, 15) is 4.79 Å². The quantitative estimate of drug-likeness (QED) is 0.681. The largest absolute Gasteiger partial charge is 0.497 e. The van der Waals surface area contributed by atoms with Crippen molar-refractivity contribution < 1.29 is 14.3 Å². The maximum Gasteiger partial charge on any atom is 0.254 e. The highest BCUT2D eigenvalue weighted by atomic mass is 16.5. The summed E-state index contributed by atoms with van der Waals surface area (Å²) in [4.78, 5) is 27.7. The van der Waals surface area contributed by atoms with E-state index in [0.717, 1.165) is 16.9 Å². The van der Waals surface area contributed by atoms with Crippen molar-refractivity contribution >= 4 is 5.91 Å². The number of benzene rings is 1. The van der Waals surface area contributed by atoms with Gasteiger partial charge in [0.15, 0.2) is 0 Å². The van der Waals surface area contributed by atoms with E-state index in [1.165, 1.54) is 6.33 Å². The second-order valence-electron chi connectivity index (χ2n) is 6.46. The van der Waals surface area contributed by atoms with Crippen LogP contribution < -0.4 is 9.47 Å². The van der Waals surface area contributed by atoms with Gasteiger partial charge in [0.25, 0.3) is 5.91 Å². The van der Waals surface area contributed by atoms with Gasteiger partial charge in [0.1, 0.15) is 12.1 Å². The lowest BCUT2D eigenvalue weighted by Gasteiger charge is -2.29. The van der Waals surface area contributed by atoms with Crippen LogP contribution in [0.3, 0.4) is 0 Å². The number of hydrogen-bond acceptors (Lipinski definition) is 6. The number of aromatic nitrogens is 3. The molecular formula is C21H20N4O3. The lowest BCUT2D eigenvalue weighted by molar-refractivity contribution is 0.0727. The number of fused-ring (bicyclic) bond motifs is 1. The SMILES string of the molecule is COc1ccc(CN2CCc3c(ccnc3-c3cc(OC)ncn3)C2=O)cc1. The van der Waals surface area contributed by atoms with Crippen LogP contribution in [0.1, 0.15) is 21.5 Å². The van der Waals surface area contributed by atoms with Crippen molar-refractivity contribution in [3.05, 3.63) is 65.6 Å². The first-order valence-corrected chi connectivity index (χ1v) is 8.96. The Hall–Kier alpha value is -3.48. The molecule has 4 rings (SSSR count). The molecule has 28 heavy (non-hydrogen) atoms. The first-order valence-electron chi connectivity index (χ1n) is 8.96. The van der Waals surface area contributed by atoms with Crippen molar-refractivity contribution in [3.63, 3.8) is 0 Å². The van der Waals surface area contributed by atoms with Gasteiger partial charge in [-0.1, -0.05) is 12.1 Å². The van der Waals surface area contributed by atoms with Gasteiger partial charge < -0.3 is 14.4 Å². The molecule has 0 fully saturated rings. The van der Waals surface area contributed by atoms with Gasteiger partial charge >= 0.3 is 0 Å². The number of carbonyl (C=O) groups is 1. The molecule has 2 aromatic heterocycles. The molecule has 1 aliphatic heterocycles. The van der Waals surface area contributed by atoms with E-state index in [0.29, 0.717) is 42.3 Å². The number of hydrogen-bond donors (Lipinski definition) is 0. The van der Waals surface area contributed by atoms with Crippen molar-refractivity contribution in [2.24, 2.45) is 0 Å². The fourth-order valence-corrected chi connectivity index (χ4v) is 3.37. The summed E-state index contributed by atoms with van der Waals surface area (Å²) >= 11 is 0. The lowest BCUT2D eigenvalue weighted by atomic mass is 9.96. The van der Waals surface area contributed by atoms with Crippen LogP contribution in [0.2, 0.25) is 0 Å². The number of carbonyl (C=O) groups excluding carboxylic acids is 1. The summed E-state index contributed by atoms with van der Waals surface area (Å²) in [5, 5.41) is 0. The Morgan fingerprint density at radius 3 is 2.61 bits per heavy atom. The van der Waals surface area contributed by atoms with Crippen LogP contribution in [0.4, 0.5) is 0 Å². The summed E-state index contributed by atoms with van der Waals surface area (Å²) in [6, 6.07) is 11.3. The van der Waals surface area contributed by atoms with Crippen molar-refractivity contribution in [1.82, 2.24) is 19.9 Å². The minimum Gasteiger partial charge on any atom is -0.497 e. The molecule has 1 amide bonds. The molecule has 1 aliphatic rings. The maximum absolute atomic E-state index is 13.1. The molecule has 0 aliphatic carbocycles. The average Bonchev–Trinajstić information content (AvgIpc) is 2.76. The van der Waals surface area contributed by atoms with E-state index >= 15 is 0 Å². The van der Waals surface area contributed by atoms with Gasteiger partial charge in [-0.05, 0) is 35.7 Å². The monoisotopic (exact) mass is 376 g/mol. The molecule has 1 aromatic carbocycles. The van der Waals surface area contributed by atoms with Crippen molar-refractivity contribution in [2.75, 3.05) is 20.8 Å². The molecule has 7 heteroatoms. The molecule has 0 saturated carbocycles. The van der Waals surface area contributed by atoms with Gasteiger partial charge in [0.05, 0.1) is 25.6 Å². The molecule has 142 valence electrons. The van der Waals surface area contributed by atoms with E-state index in [-0.39, 0.29) is 5.91 Å². The summed E-state index contributed by atoms with van der Waals surface area (Å²) in [5.74, 6) is 1.27. The molecule has 0 radical (unpaired) electrons. The zero-order chi connectivity index (χ0) is 19.5. The third kappa shape index (κ3) is 3.38. The molecule has 0 bridgehead atoms. The van der Waals surface area contributed by atoms with Crippen molar-refractivity contribution in [2.45, 2.75) is 13.0 Å². The van der Waals surface area contributed by atoms with Crippen LogP contribution in [0, 0.1) is 0 Å². The van der Waals surface area contributed by atoms with Gasteiger partial charge in [-0.3, -0.25) is 9.78 Å². The van der Waals surface area contributed by atoms with Crippen LogP contribution in [-0.4, -0.2) is 46.5 Å². The van der Waals surface area contributed by atoms with Crippen LogP contribution in [0.5, 0.6) is 11.6 Å². The molecule has 3 heterocycles. The number of rotatable bonds is 5. The van der Waals surface area contributed by atoms with Gasteiger partial charge in [0.2, 0.25) is 5.88 Å². The van der Waals surface area contributed by atoms with E-state index in [4.69, 9.17) is 9.47 Å². The second kappa shape index (κ2) is 7.64. The van der Waals surface area contributed by atoms with Crippen molar-refractivity contribution in [1.29, 1.82) is 0 Å². The highest BCUT2D eigenvalue weighted by molar-refractivity contribution is 5.98. The maximum atomic E-state index is 13.1. The average molecular weight is 376 g/mol. The highest BCUT2D eigenvalue weighted by Gasteiger charge is 2.27. The predicted molar refractivity (Wildman–Crippen MR) is 103 cm³/mol. The summed E-state index contributed by atoms with van der Waals surface area (Å²) in [6.07, 6.45) is 3.81. The van der Waals surface area contributed by atoms with Crippen molar-refractivity contribution in [3.8, 4) is 23.0 Å². The standard InChI is InChI=1S/C21H20N4O3/c1-27-15-5-3-14(4-6-15)12-25-10-8-16-17(21(25)26)7-9-22-20(16)18-11-19(28-2)24-13-23-18/h3-7,9,11,13H,8,10,12H2,1-2H3. The Balaban J connectivity index is 1.61. The molecule has 0 atom stereocenters. The summed E-state index contributed by atoms with van der Waals surface area (Å²) in [5.41, 5.74) is 4.00. The second-order valence-corrected chi connectivity index (χ2v) is 6.46. The normalized spacial score (nSPS) is 13.2. The Morgan fingerprint density at radius 1 is 1.04 bits per heavy atom. The molecule has 3 aromatic rings. The summed E-state index contributed by atoms with van der Waals surface area (Å²) in [7, 11) is 3.19. The van der Waals surface area contributed by atoms with Crippen LogP contribution >= 0.6 is 0 Å². The number of methoxy groups -OCH3 is 2. The smallest absolute Gasteiger partial charge is 0.254 e. The predicted octanol–water partition coefficient (Wildman–Crippen LogP) is 2.75. The first kappa shape index (κ1) is 17.9. The van der Waals surface area contributed by atoms with Gasteiger partial charge in [-0.2, -0.15) is 0 Å². The molecular weight excluding hydrogens is 356 g/mol.